The first-order valence-electron chi connectivity index (χ1n) is 6.93. The van der Waals surface area contributed by atoms with Crippen LogP contribution in [0, 0.1) is 6.92 Å². The minimum absolute atomic E-state index is 0.643. The number of benzene rings is 2. The average molecular weight is 292 g/mol. The molecule has 0 fully saturated rings. The minimum atomic E-state index is 0.643. The second kappa shape index (κ2) is 6.22. The van der Waals surface area contributed by atoms with Crippen molar-refractivity contribution in [3.05, 3.63) is 59.8 Å². The lowest BCUT2D eigenvalue weighted by atomic mass is 10.2. The van der Waals surface area contributed by atoms with Crippen LogP contribution in [0.5, 0.6) is 5.75 Å². The molecule has 0 saturated heterocycles. The number of para-hydroxylation sites is 3. The van der Waals surface area contributed by atoms with Gasteiger partial charge in [-0.05, 0) is 31.2 Å². The molecule has 0 amide bonds. The van der Waals surface area contributed by atoms with Gasteiger partial charge in [0.1, 0.15) is 5.75 Å². The molecule has 0 radical (unpaired) electrons. The molecule has 0 unspecified atom stereocenters. The van der Waals surface area contributed by atoms with E-state index < -0.39 is 0 Å². The van der Waals surface area contributed by atoms with E-state index >= 15 is 0 Å². The summed E-state index contributed by atoms with van der Waals surface area (Å²) in [7, 11) is 1.64. The maximum Gasteiger partial charge on any atom is 0.168 e. The van der Waals surface area contributed by atoms with Crippen LogP contribution in [0.25, 0.3) is 11.0 Å². The molecule has 110 valence electrons. The van der Waals surface area contributed by atoms with Crippen molar-refractivity contribution in [3.63, 3.8) is 0 Å². The smallest absolute Gasteiger partial charge is 0.168 e. The van der Waals surface area contributed by atoms with Gasteiger partial charge in [-0.25, -0.2) is 9.97 Å². The van der Waals surface area contributed by atoms with Crippen LogP contribution in [0.3, 0.4) is 0 Å². The molecular formula is C17H16N4O. The zero-order valence-electron chi connectivity index (χ0n) is 12.4. The number of aryl methyl sites for hydroxylation is 1. The Kier molecular flexibility index (Phi) is 3.96. The predicted molar refractivity (Wildman–Crippen MR) is 88.5 cm³/mol. The van der Waals surface area contributed by atoms with Gasteiger partial charge < -0.3 is 4.74 Å². The molecule has 0 bridgehead atoms. The molecular weight excluding hydrogens is 276 g/mol. The Morgan fingerprint density at radius 1 is 1.00 bits per heavy atom. The highest BCUT2D eigenvalue weighted by Crippen LogP contribution is 2.17. The van der Waals surface area contributed by atoms with Crippen molar-refractivity contribution in [2.45, 2.75) is 6.92 Å². The van der Waals surface area contributed by atoms with E-state index in [2.05, 4.69) is 20.5 Å². The van der Waals surface area contributed by atoms with Crippen LogP contribution >= 0.6 is 0 Å². The number of aromatic nitrogens is 2. The molecule has 0 spiro atoms. The van der Waals surface area contributed by atoms with Crippen LogP contribution in [-0.2, 0) is 0 Å². The highest BCUT2D eigenvalue weighted by Gasteiger charge is 2.03. The standard InChI is InChI=1S/C17H16N4O/c1-12-17(20-15-9-5-4-8-14(15)19-12)21-18-11-13-7-3-6-10-16(13)22-2/h3-11H,1-2H3,(H,20,21)/b18-11+. The summed E-state index contributed by atoms with van der Waals surface area (Å²) in [5.41, 5.74) is 6.35. The van der Waals surface area contributed by atoms with Crippen LogP contribution < -0.4 is 10.2 Å². The molecule has 1 N–H and O–H groups in total. The van der Waals surface area contributed by atoms with Gasteiger partial charge in [-0.3, -0.25) is 5.43 Å². The lowest BCUT2D eigenvalue weighted by molar-refractivity contribution is 0.414. The van der Waals surface area contributed by atoms with E-state index in [1.54, 1.807) is 13.3 Å². The number of nitrogens with one attached hydrogen (secondary N) is 1. The number of ether oxygens (including phenoxy) is 1. The van der Waals surface area contributed by atoms with Crippen molar-refractivity contribution >= 4 is 23.1 Å². The van der Waals surface area contributed by atoms with Gasteiger partial charge >= 0.3 is 0 Å². The second-order valence-corrected chi connectivity index (χ2v) is 4.76. The summed E-state index contributed by atoms with van der Waals surface area (Å²) in [6, 6.07) is 15.4. The lowest BCUT2D eigenvalue weighted by Crippen LogP contribution is -2.00. The highest BCUT2D eigenvalue weighted by atomic mass is 16.5. The summed E-state index contributed by atoms with van der Waals surface area (Å²) >= 11 is 0. The van der Waals surface area contributed by atoms with E-state index in [-0.39, 0.29) is 0 Å². The van der Waals surface area contributed by atoms with Crippen molar-refractivity contribution in [1.29, 1.82) is 0 Å². The summed E-state index contributed by atoms with van der Waals surface area (Å²) in [6.45, 7) is 1.90. The monoisotopic (exact) mass is 292 g/mol. The number of anilines is 1. The molecule has 0 aliphatic carbocycles. The Morgan fingerprint density at radius 3 is 2.45 bits per heavy atom. The van der Waals surface area contributed by atoms with E-state index in [0.717, 1.165) is 28.0 Å². The van der Waals surface area contributed by atoms with Gasteiger partial charge in [0.25, 0.3) is 0 Å². The summed E-state index contributed by atoms with van der Waals surface area (Å²) in [5.74, 6) is 1.42. The van der Waals surface area contributed by atoms with E-state index in [1.807, 2.05) is 55.5 Å². The molecule has 2 aromatic carbocycles. The number of rotatable bonds is 4. The van der Waals surface area contributed by atoms with Crippen LogP contribution in [0.2, 0.25) is 0 Å². The lowest BCUT2D eigenvalue weighted by Gasteiger charge is -2.06. The third-order valence-electron chi connectivity index (χ3n) is 3.26. The van der Waals surface area contributed by atoms with Crippen LogP contribution in [-0.4, -0.2) is 23.3 Å². The van der Waals surface area contributed by atoms with Gasteiger partial charge in [0.05, 0.1) is 30.1 Å². The Hall–Kier alpha value is -2.95. The van der Waals surface area contributed by atoms with E-state index in [1.165, 1.54) is 0 Å². The van der Waals surface area contributed by atoms with Crippen LogP contribution in [0.4, 0.5) is 5.82 Å². The third kappa shape index (κ3) is 2.88. The topological polar surface area (TPSA) is 59.4 Å². The van der Waals surface area contributed by atoms with Gasteiger partial charge in [-0.1, -0.05) is 24.3 Å². The largest absolute Gasteiger partial charge is 0.496 e. The van der Waals surface area contributed by atoms with Crippen molar-refractivity contribution in [2.75, 3.05) is 12.5 Å². The molecule has 0 aliphatic rings. The number of nitrogens with zero attached hydrogens (tertiary/aromatic N) is 3. The number of hydrazone groups is 1. The normalized spacial score (nSPS) is 11.0. The predicted octanol–water partition coefficient (Wildman–Crippen LogP) is 3.39. The summed E-state index contributed by atoms with van der Waals surface area (Å²) in [5, 5.41) is 4.23. The molecule has 5 nitrogen and oxygen atoms in total. The maximum atomic E-state index is 5.28. The zero-order chi connectivity index (χ0) is 15.4. The quantitative estimate of drug-likeness (QED) is 0.591. The molecule has 1 heterocycles. The van der Waals surface area contributed by atoms with E-state index in [9.17, 15) is 0 Å². The van der Waals surface area contributed by atoms with Crippen LogP contribution in [0.1, 0.15) is 11.3 Å². The fourth-order valence-corrected chi connectivity index (χ4v) is 2.13. The SMILES string of the molecule is COc1ccccc1/C=N/Nc1nc2ccccc2nc1C. The Bertz CT molecular complexity index is 830. The first-order chi connectivity index (χ1) is 10.8. The molecule has 3 aromatic rings. The van der Waals surface area contributed by atoms with E-state index in [4.69, 9.17) is 4.74 Å². The Morgan fingerprint density at radius 2 is 1.68 bits per heavy atom. The van der Waals surface area contributed by atoms with Crippen molar-refractivity contribution in [3.8, 4) is 5.75 Å². The van der Waals surface area contributed by atoms with Crippen LogP contribution in [0.15, 0.2) is 53.6 Å². The molecule has 5 heteroatoms. The Labute approximate surface area is 128 Å². The number of fused-ring (bicyclic) bond motifs is 1. The van der Waals surface area contributed by atoms with Crippen molar-refractivity contribution in [2.24, 2.45) is 5.10 Å². The number of hydrogen-bond donors (Lipinski definition) is 1. The maximum absolute atomic E-state index is 5.28. The average Bonchev–Trinajstić information content (AvgIpc) is 2.55. The van der Waals surface area contributed by atoms with Crippen molar-refractivity contribution in [1.82, 2.24) is 9.97 Å². The highest BCUT2D eigenvalue weighted by molar-refractivity contribution is 5.84. The zero-order valence-corrected chi connectivity index (χ0v) is 12.4. The van der Waals surface area contributed by atoms with Crippen molar-refractivity contribution < 1.29 is 4.74 Å². The molecule has 1 aromatic heterocycles. The fraction of sp³-hybridized carbons (Fsp3) is 0.118. The number of methoxy groups -OCH3 is 1. The Balaban J connectivity index is 1.84. The summed E-state index contributed by atoms with van der Waals surface area (Å²) in [4.78, 5) is 9.04. The number of hydrogen-bond acceptors (Lipinski definition) is 5. The molecule has 0 atom stereocenters. The molecule has 0 aliphatic heterocycles. The molecule has 0 saturated carbocycles. The summed E-state index contributed by atoms with van der Waals surface area (Å²) < 4.78 is 5.28. The second-order valence-electron chi connectivity index (χ2n) is 4.76. The fourth-order valence-electron chi connectivity index (χ4n) is 2.13. The van der Waals surface area contributed by atoms with E-state index in [0.29, 0.717) is 5.82 Å². The van der Waals surface area contributed by atoms with Gasteiger partial charge in [-0.15, -0.1) is 0 Å². The van der Waals surface area contributed by atoms with Gasteiger partial charge in [-0.2, -0.15) is 5.10 Å². The van der Waals surface area contributed by atoms with Gasteiger partial charge in [0.15, 0.2) is 5.82 Å². The first kappa shape index (κ1) is 14.0. The summed E-state index contributed by atoms with van der Waals surface area (Å²) in [6.07, 6.45) is 1.70. The minimum Gasteiger partial charge on any atom is -0.496 e. The van der Waals surface area contributed by atoms with Gasteiger partial charge in [0.2, 0.25) is 0 Å². The first-order valence-corrected chi connectivity index (χ1v) is 6.93. The third-order valence-corrected chi connectivity index (χ3v) is 3.26. The molecule has 22 heavy (non-hydrogen) atoms. The molecule has 3 rings (SSSR count). The van der Waals surface area contributed by atoms with Gasteiger partial charge in [0, 0.05) is 5.56 Å².